The first kappa shape index (κ1) is 22.3. The van der Waals surface area contributed by atoms with Gasteiger partial charge in [-0.2, -0.15) is 0 Å². The summed E-state index contributed by atoms with van der Waals surface area (Å²) >= 11 is 1.19. The molecule has 0 aromatic carbocycles. The first-order valence-corrected chi connectivity index (χ1v) is 10.2. The molecular formula is C20H29N3O4S. The Morgan fingerprint density at radius 2 is 2.14 bits per heavy atom. The van der Waals surface area contributed by atoms with Crippen molar-refractivity contribution >= 4 is 27.5 Å². The van der Waals surface area contributed by atoms with Gasteiger partial charge in [-0.05, 0) is 32.3 Å². The molecule has 28 heavy (non-hydrogen) atoms. The zero-order valence-electron chi connectivity index (χ0n) is 17.2. The van der Waals surface area contributed by atoms with Crippen LogP contribution in [0.2, 0.25) is 0 Å². The van der Waals surface area contributed by atoms with Gasteiger partial charge in [0, 0.05) is 13.1 Å². The summed E-state index contributed by atoms with van der Waals surface area (Å²) in [6, 6.07) is 0. The number of rotatable bonds is 9. The van der Waals surface area contributed by atoms with Crippen LogP contribution in [0.1, 0.15) is 61.6 Å². The van der Waals surface area contributed by atoms with Crippen LogP contribution in [0.3, 0.4) is 0 Å². The van der Waals surface area contributed by atoms with E-state index in [0.29, 0.717) is 46.1 Å². The third-order valence-electron chi connectivity index (χ3n) is 4.06. The zero-order valence-corrected chi connectivity index (χ0v) is 18.0. The van der Waals surface area contributed by atoms with Crippen molar-refractivity contribution < 1.29 is 14.6 Å². The first-order valence-electron chi connectivity index (χ1n) is 9.35. The van der Waals surface area contributed by atoms with Crippen LogP contribution < -0.4 is 5.56 Å². The number of thiophene rings is 1. The minimum Gasteiger partial charge on any atom is -0.462 e. The SMILES string of the molecule is C=CCN(Cc1nc2sc(C(=O)OCC)c(C(C)C)c2c(=O)[nH]1)CC(C)(C)O. The number of ether oxygens (including phenoxy) is 1. The fourth-order valence-electron chi connectivity index (χ4n) is 3.17. The summed E-state index contributed by atoms with van der Waals surface area (Å²) in [5.41, 5.74) is -0.478. The van der Waals surface area contributed by atoms with E-state index in [-0.39, 0.29) is 18.1 Å². The van der Waals surface area contributed by atoms with Crippen LogP contribution >= 0.6 is 11.3 Å². The number of hydrogen-bond donors (Lipinski definition) is 2. The number of nitrogens with zero attached hydrogens (tertiary/aromatic N) is 2. The molecule has 0 spiro atoms. The van der Waals surface area contributed by atoms with E-state index in [1.165, 1.54) is 11.3 Å². The van der Waals surface area contributed by atoms with E-state index in [4.69, 9.17) is 4.74 Å². The minimum absolute atomic E-state index is 0.0191. The lowest BCUT2D eigenvalue weighted by Crippen LogP contribution is -2.39. The van der Waals surface area contributed by atoms with Gasteiger partial charge >= 0.3 is 5.97 Å². The van der Waals surface area contributed by atoms with Gasteiger partial charge in [0.15, 0.2) is 0 Å². The molecule has 0 radical (unpaired) electrons. The molecule has 8 heteroatoms. The van der Waals surface area contributed by atoms with Crippen molar-refractivity contribution in [1.82, 2.24) is 14.9 Å². The summed E-state index contributed by atoms with van der Waals surface area (Å²) in [4.78, 5) is 35.5. The number of esters is 1. The van der Waals surface area contributed by atoms with Crippen molar-refractivity contribution in [1.29, 1.82) is 0 Å². The van der Waals surface area contributed by atoms with Crippen LogP contribution in [0, 0.1) is 0 Å². The lowest BCUT2D eigenvalue weighted by molar-refractivity contribution is 0.0368. The molecule has 0 amide bonds. The van der Waals surface area contributed by atoms with Crippen LogP contribution in [0.4, 0.5) is 0 Å². The number of carbonyl (C=O) groups excluding carboxylic acids is 1. The van der Waals surface area contributed by atoms with E-state index < -0.39 is 11.6 Å². The predicted octanol–water partition coefficient (Wildman–Crippen LogP) is 3.04. The number of aliphatic hydroxyl groups is 1. The predicted molar refractivity (Wildman–Crippen MR) is 112 cm³/mol. The van der Waals surface area contributed by atoms with Gasteiger partial charge in [-0.1, -0.05) is 19.9 Å². The van der Waals surface area contributed by atoms with Crippen LogP contribution in [0.5, 0.6) is 0 Å². The second kappa shape index (κ2) is 8.98. The average molecular weight is 408 g/mol. The molecular weight excluding hydrogens is 378 g/mol. The van der Waals surface area contributed by atoms with Crippen molar-refractivity contribution in [2.24, 2.45) is 0 Å². The molecule has 0 atom stereocenters. The summed E-state index contributed by atoms with van der Waals surface area (Å²) in [6.07, 6.45) is 1.74. The number of nitrogens with one attached hydrogen (secondary N) is 1. The van der Waals surface area contributed by atoms with Crippen molar-refractivity contribution in [2.75, 3.05) is 19.7 Å². The van der Waals surface area contributed by atoms with Crippen LogP contribution in [0.25, 0.3) is 10.2 Å². The molecule has 2 heterocycles. The van der Waals surface area contributed by atoms with Gasteiger partial charge in [-0.3, -0.25) is 9.69 Å². The Morgan fingerprint density at radius 1 is 1.46 bits per heavy atom. The van der Waals surface area contributed by atoms with E-state index in [2.05, 4.69) is 16.5 Å². The normalized spacial score (nSPS) is 12.1. The number of hydrogen-bond acceptors (Lipinski definition) is 7. The van der Waals surface area contributed by atoms with Gasteiger partial charge in [0.25, 0.3) is 5.56 Å². The minimum atomic E-state index is -0.891. The van der Waals surface area contributed by atoms with Gasteiger partial charge in [0.1, 0.15) is 15.5 Å². The second-order valence-electron chi connectivity index (χ2n) is 7.68. The van der Waals surface area contributed by atoms with E-state index in [1.54, 1.807) is 26.8 Å². The molecule has 0 saturated heterocycles. The molecule has 0 aliphatic heterocycles. The van der Waals surface area contributed by atoms with E-state index in [9.17, 15) is 14.7 Å². The Labute approximate surface area is 169 Å². The Kier molecular flexibility index (Phi) is 7.14. The van der Waals surface area contributed by atoms with Gasteiger partial charge in [0.05, 0.1) is 24.1 Å². The Hall–Kier alpha value is -2.03. The average Bonchev–Trinajstić information content (AvgIpc) is 2.94. The van der Waals surface area contributed by atoms with E-state index in [0.717, 1.165) is 0 Å². The molecule has 0 bridgehead atoms. The van der Waals surface area contributed by atoms with Gasteiger partial charge in [-0.25, -0.2) is 9.78 Å². The molecule has 154 valence electrons. The van der Waals surface area contributed by atoms with E-state index in [1.807, 2.05) is 18.7 Å². The highest BCUT2D eigenvalue weighted by atomic mass is 32.1. The Morgan fingerprint density at radius 3 is 2.68 bits per heavy atom. The third-order valence-corrected chi connectivity index (χ3v) is 5.14. The van der Waals surface area contributed by atoms with Crippen molar-refractivity contribution in [3.8, 4) is 0 Å². The van der Waals surface area contributed by atoms with Gasteiger partial charge < -0.3 is 14.8 Å². The molecule has 7 nitrogen and oxygen atoms in total. The zero-order chi connectivity index (χ0) is 21.1. The van der Waals surface area contributed by atoms with Crippen molar-refractivity contribution in [3.05, 3.63) is 39.3 Å². The number of aromatic amines is 1. The quantitative estimate of drug-likeness (QED) is 0.490. The largest absolute Gasteiger partial charge is 0.462 e. The maximum Gasteiger partial charge on any atom is 0.348 e. The molecule has 2 aromatic rings. The maximum absolute atomic E-state index is 12.8. The summed E-state index contributed by atoms with van der Waals surface area (Å²) in [5.74, 6) is 0.0374. The topological polar surface area (TPSA) is 95.5 Å². The van der Waals surface area contributed by atoms with Crippen molar-refractivity contribution in [2.45, 2.75) is 52.7 Å². The summed E-state index contributed by atoms with van der Waals surface area (Å²) in [5, 5.41) is 10.6. The molecule has 2 aromatic heterocycles. The van der Waals surface area contributed by atoms with Crippen LogP contribution in [0.15, 0.2) is 17.4 Å². The molecule has 0 aliphatic carbocycles. The molecule has 2 N–H and O–H groups in total. The molecule has 0 fully saturated rings. The highest BCUT2D eigenvalue weighted by Gasteiger charge is 2.25. The molecule has 2 rings (SSSR count). The fourth-order valence-corrected chi connectivity index (χ4v) is 4.42. The highest BCUT2D eigenvalue weighted by Crippen LogP contribution is 2.33. The molecule has 0 aliphatic rings. The van der Waals surface area contributed by atoms with Gasteiger partial charge in [-0.15, -0.1) is 17.9 Å². The molecule has 0 saturated carbocycles. The number of H-pyrrole nitrogens is 1. The van der Waals surface area contributed by atoms with Crippen molar-refractivity contribution in [3.63, 3.8) is 0 Å². The number of aromatic nitrogens is 2. The smallest absolute Gasteiger partial charge is 0.348 e. The second-order valence-corrected chi connectivity index (χ2v) is 8.68. The Bertz CT molecular complexity index is 909. The lowest BCUT2D eigenvalue weighted by Gasteiger charge is -2.27. The standard InChI is InChI=1S/C20H29N3O4S/c1-7-9-23(11-20(5,6)26)10-13-21-17(24)15-14(12(3)4)16(19(25)27-8-2)28-18(15)22-13/h7,12,26H,1,8-11H2,2-6H3,(H,21,22,24). The van der Waals surface area contributed by atoms with Gasteiger partial charge in [0.2, 0.25) is 0 Å². The summed E-state index contributed by atoms with van der Waals surface area (Å²) < 4.78 is 5.15. The van der Waals surface area contributed by atoms with E-state index >= 15 is 0 Å². The Balaban J connectivity index is 2.50. The first-order chi connectivity index (χ1) is 13.1. The summed E-state index contributed by atoms with van der Waals surface area (Å²) in [6.45, 7) is 14.4. The fraction of sp³-hybridized carbons (Fsp3) is 0.550. The lowest BCUT2D eigenvalue weighted by atomic mass is 10.0. The van der Waals surface area contributed by atoms with Crippen LogP contribution in [-0.4, -0.2) is 51.2 Å². The number of carbonyl (C=O) groups is 1. The third kappa shape index (κ3) is 5.27. The summed E-state index contributed by atoms with van der Waals surface area (Å²) in [7, 11) is 0. The number of fused-ring (bicyclic) bond motifs is 1. The monoisotopic (exact) mass is 407 g/mol. The highest BCUT2D eigenvalue weighted by molar-refractivity contribution is 7.20. The maximum atomic E-state index is 12.8. The van der Waals surface area contributed by atoms with Crippen LogP contribution in [-0.2, 0) is 11.3 Å². The molecule has 0 unspecified atom stereocenters.